The van der Waals surface area contributed by atoms with Gasteiger partial charge < -0.3 is 10.5 Å². The topological polar surface area (TPSA) is 72.6 Å². The molecule has 0 heterocycles. The maximum Gasteiger partial charge on any atom is 0.243 e. The van der Waals surface area contributed by atoms with E-state index in [2.05, 4.69) is 0 Å². The lowest BCUT2D eigenvalue weighted by Crippen LogP contribution is -2.36. The summed E-state index contributed by atoms with van der Waals surface area (Å²) in [6.45, 7) is 5.04. The van der Waals surface area contributed by atoms with E-state index in [9.17, 15) is 8.42 Å². The van der Waals surface area contributed by atoms with Gasteiger partial charge in [0, 0.05) is 25.8 Å². The van der Waals surface area contributed by atoms with Crippen molar-refractivity contribution in [3.05, 3.63) is 29.8 Å². The predicted octanol–water partition coefficient (Wildman–Crippen LogP) is 1.61. The van der Waals surface area contributed by atoms with Crippen LogP contribution in [0.2, 0.25) is 0 Å². The Hall–Kier alpha value is -1.02. The molecule has 0 spiro atoms. The van der Waals surface area contributed by atoms with Crippen molar-refractivity contribution in [2.45, 2.75) is 18.7 Å². The van der Waals surface area contributed by atoms with E-state index in [1.165, 1.54) is 10.4 Å². The summed E-state index contributed by atoms with van der Waals surface area (Å²) in [5.41, 5.74) is 6.11. The molecule has 5 nitrogen and oxygen atoms in total. The monoisotopic (exact) mass is 330 g/mol. The van der Waals surface area contributed by atoms with E-state index in [0.717, 1.165) is 0 Å². The Morgan fingerprint density at radius 1 is 1.43 bits per heavy atom. The Balaban J connectivity index is 3.15. The quantitative estimate of drug-likeness (QED) is 0.733. The first-order valence-electron chi connectivity index (χ1n) is 6.68. The second-order valence-electron chi connectivity index (χ2n) is 5.14. The highest BCUT2D eigenvalue weighted by molar-refractivity contribution is 7.89. The van der Waals surface area contributed by atoms with Crippen LogP contribution >= 0.6 is 12.2 Å². The molecule has 0 amide bonds. The molecule has 0 unspecified atom stereocenters. The van der Waals surface area contributed by atoms with Crippen LogP contribution in [0, 0.1) is 5.92 Å². The molecule has 0 atom stereocenters. The molecule has 0 aliphatic heterocycles. The van der Waals surface area contributed by atoms with Crippen LogP contribution in [0.1, 0.15) is 19.4 Å². The van der Waals surface area contributed by atoms with Crippen LogP contribution in [0.15, 0.2) is 29.2 Å². The molecule has 1 aromatic carbocycles. The Morgan fingerprint density at radius 3 is 2.62 bits per heavy atom. The van der Waals surface area contributed by atoms with E-state index in [4.69, 9.17) is 22.7 Å². The zero-order chi connectivity index (χ0) is 16.0. The summed E-state index contributed by atoms with van der Waals surface area (Å²) in [6, 6.07) is 6.41. The van der Waals surface area contributed by atoms with Gasteiger partial charge in [0.25, 0.3) is 0 Å². The van der Waals surface area contributed by atoms with E-state index in [1.807, 2.05) is 13.8 Å². The number of sulfonamides is 1. The minimum absolute atomic E-state index is 0.180. The molecule has 0 aromatic heterocycles. The molecule has 0 saturated heterocycles. The molecule has 0 aliphatic rings. The van der Waals surface area contributed by atoms with Gasteiger partial charge in [-0.3, -0.25) is 0 Å². The average Bonchev–Trinajstić information content (AvgIpc) is 2.43. The molecular weight excluding hydrogens is 308 g/mol. The first-order valence-corrected chi connectivity index (χ1v) is 8.52. The summed E-state index contributed by atoms with van der Waals surface area (Å²) < 4.78 is 31.9. The standard InChI is InChI=1S/C14H22N2O3S2/c1-11(2)10-16(7-8-19-3)21(17,18)13-6-4-5-12(9-13)14(15)20/h4-6,9,11H,7-8,10H2,1-3H3,(H2,15,20). The molecule has 7 heteroatoms. The van der Waals surface area contributed by atoms with Crippen LogP contribution in [0.25, 0.3) is 0 Å². The normalized spacial score (nSPS) is 12.0. The Labute approximate surface area is 132 Å². The van der Waals surface area contributed by atoms with Crippen LogP contribution in [0.3, 0.4) is 0 Å². The lowest BCUT2D eigenvalue weighted by atomic mass is 10.2. The van der Waals surface area contributed by atoms with Crippen molar-refractivity contribution in [1.82, 2.24) is 4.31 Å². The largest absolute Gasteiger partial charge is 0.389 e. The molecule has 0 aliphatic carbocycles. The van der Waals surface area contributed by atoms with Crippen LogP contribution < -0.4 is 5.73 Å². The summed E-state index contributed by atoms with van der Waals surface area (Å²) in [5, 5.41) is 0. The highest BCUT2D eigenvalue weighted by atomic mass is 32.2. The number of nitrogens with two attached hydrogens (primary N) is 1. The Bertz CT molecular complexity index is 586. The van der Waals surface area contributed by atoms with E-state index in [-0.39, 0.29) is 15.8 Å². The molecule has 0 fully saturated rings. The van der Waals surface area contributed by atoms with Gasteiger partial charge in [-0.25, -0.2) is 8.42 Å². The first-order chi connectivity index (χ1) is 9.78. The highest BCUT2D eigenvalue weighted by Crippen LogP contribution is 2.18. The number of methoxy groups -OCH3 is 1. The number of ether oxygens (including phenoxy) is 1. The van der Waals surface area contributed by atoms with Gasteiger partial charge >= 0.3 is 0 Å². The summed E-state index contributed by atoms with van der Waals surface area (Å²) in [6.07, 6.45) is 0. The fourth-order valence-corrected chi connectivity index (χ4v) is 3.63. The second kappa shape index (κ2) is 7.84. The molecular formula is C14H22N2O3S2. The van der Waals surface area contributed by atoms with Gasteiger partial charge in [-0.2, -0.15) is 4.31 Å². The Kier molecular flexibility index (Phi) is 6.73. The smallest absolute Gasteiger partial charge is 0.243 e. The second-order valence-corrected chi connectivity index (χ2v) is 7.52. The summed E-state index contributed by atoms with van der Waals surface area (Å²) in [4.78, 5) is 0.379. The molecule has 0 saturated carbocycles. The highest BCUT2D eigenvalue weighted by Gasteiger charge is 2.25. The molecule has 0 bridgehead atoms. The van der Waals surface area contributed by atoms with Crippen LogP contribution in [-0.2, 0) is 14.8 Å². The molecule has 0 radical (unpaired) electrons. The van der Waals surface area contributed by atoms with Gasteiger partial charge in [-0.1, -0.05) is 38.2 Å². The van der Waals surface area contributed by atoms with Crippen LogP contribution in [0.5, 0.6) is 0 Å². The molecule has 2 N–H and O–H groups in total. The predicted molar refractivity (Wildman–Crippen MR) is 87.8 cm³/mol. The van der Waals surface area contributed by atoms with E-state index >= 15 is 0 Å². The fourth-order valence-electron chi connectivity index (χ4n) is 1.87. The SMILES string of the molecule is COCCN(CC(C)C)S(=O)(=O)c1cccc(C(N)=S)c1. The van der Waals surface area contributed by atoms with Crippen molar-refractivity contribution >= 4 is 27.2 Å². The van der Waals surface area contributed by atoms with Crippen molar-refractivity contribution in [2.24, 2.45) is 11.7 Å². The van der Waals surface area contributed by atoms with Crippen molar-refractivity contribution in [2.75, 3.05) is 26.8 Å². The number of hydrogen-bond donors (Lipinski definition) is 1. The minimum Gasteiger partial charge on any atom is -0.389 e. The van der Waals surface area contributed by atoms with Gasteiger partial charge in [0.1, 0.15) is 4.99 Å². The molecule has 1 aromatic rings. The third-order valence-electron chi connectivity index (χ3n) is 2.87. The van der Waals surface area contributed by atoms with Crippen molar-refractivity contribution in [3.63, 3.8) is 0 Å². The fraction of sp³-hybridized carbons (Fsp3) is 0.500. The Morgan fingerprint density at radius 2 is 2.10 bits per heavy atom. The van der Waals surface area contributed by atoms with Crippen LogP contribution in [0.4, 0.5) is 0 Å². The maximum absolute atomic E-state index is 12.7. The molecule has 118 valence electrons. The third-order valence-corrected chi connectivity index (χ3v) is 4.97. The minimum atomic E-state index is -3.59. The van der Waals surface area contributed by atoms with Gasteiger partial charge in [0.2, 0.25) is 10.0 Å². The lowest BCUT2D eigenvalue weighted by molar-refractivity contribution is 0.175. The average molecular weight is 330 g/mol. The molecule has 21 heavy (non-hydrogen) atoms. The van der Waals surface area contributed by atoms with Crippen LogP contribution in [-0.4, -0.2) is 44.5 Å². The summed E-state index contributed by atoms with van der Waals surface area (Å²) >= 11 is 4.90. The lowest BCUT2D eigenvalue weighted by Gasteiger charge is -2.23. The van der Waals surface area contributed by atoms with Crippen molar-refractivity contribution in [1.29, 1.82) is 0 Å². The van der Waals surface area contributed by atoms with E-state index in [1.54, 1.807) is 25.3 Å². The zero-order valence-electron chi connectivity index (χ0n) is 12.6. The number of rotatable bonds is 8. The third kappa shape index (κ3) is 5.03. The summed E-state index contributed by atoms with van der Waals surface area (Å²) in [5.74, 6) is 0.218. The van der Waals surface area contributed by atoms with E-state index < -0.39 is 10.0 Å². The summed E-state index contributed by atoms with van der Waals surface area (Å²) in [7, 11) is -2.04. The van der Waals surface area contributed by atoms with Gasteiger partial charge in [0.15, 0.2) is 0 Å². The van der Waals surface area contributed by atoms with Gasteiger partial charge in [-0.05, 0) is 18.1 Å². The molecule has 1 rings (SSSR count). The zero-order valence-corrected chi connectivity index (χ0v) is 14.2. The van der Waals surface area contributed by atoms with E-state index in [0.29, 0.717) is 25.3 Å². The van der Waals surface area contributed by atoms with Gasteiger partial charge in [-0.15, -0.1) is 0 Å². The number of thiocarbonyl (C=S) groups is 1. The van der Waals surface area contributed by atoms with Crippen molar-refractivity contribution in [3.8, 4) is 0 Å². The first kappa shape index (κ1) is 18.0. The maximum atomic E-state index is 12.7. The number of benzene rings is 1. The number of hydrogen-bond acceptors (Lipinski definition) is 4. The van der Waals surface area contributed by atoms with Crippen molar-refractivity contribution < 1.29 is 13.2 Å². The van der Waals surface area contributed by atoms with Gasteiger partial charge in [0.05, 0.1) is 11.5 Å². The number of nitrogens with zero attached hydrogens (tertiary/aromatic N) is 1.